The van der Waals surface area contributed by atoms with E-state index in [0.29, 0.717) is 6.42 Å². The Morgan fingerprint density at radius 3 is 2.68 bits per heavy atom. The van der Waals surface area contributed by atoms with Gasteiger partial charge in [-0.05, 0) is 44.2 Å². The number of hydrogen-bond donors (Lipinski definition) is 2. The van der Waals surface area contributed by atoms with Gasteiger partial charge in [0.05, 0.1) is 12.2 Å². The fourth-order valence-electron chi connectivity index (χ4n) is 2.61. The number of ether oxygens (including phenoxy) is 1. The first-order valence-electron chi connectivity index (χ1n) is 6.65. The van der Waals surface area contributed by atoms with Gasteiger partial charge in [0, 0.05) is 0 Å². The minimum atomic E-state index is -1.33. The highest BCUT2D eigenvalue weighted by Gasteiger charge is 2.46. The number of benzene rings is 1. The molecule has 1 aliphatic rings. The second-order valence-electron chi connectivity index (χ2n) is 5.21. The van der Waals surface area contributed by atoms with E-state index in [0.717, 1.165) is 24.0 Å². The number of aliphatic carboxylic acids is 1. The summed E-state index contributed by atoms with van der Waals surface area (Å²) in [6.07, 6.45) is 0.858. The molecule has 4 heteroatoms. The molecule has 1 aromatic rings. The predicted molar refractivity (Wildman–Crippen MR) is 70.9 cm³/mol. The third-order valence-electron chi connectivity index (χ3n) is 3.84. The molecule has 0 radical (unpaired) electrons. The molecule has 0 bridgehead atoms. The number of aliphatic hydroxyl groups is 1. The molecule has 2 rings (SSSR count). The average molecular weight is 264 g/mol. The zero-order valence-electron chi connectivity index (χ0n) is 11.3. The molecule has 0 aliphatic heterocycles. The normalized spacial score (nSPS) is 25.4. The van der Waals surface area contributed by atoms with E-state index in [4.69, 9.17) is 4.74 Å². The molecule has 0 fully saturated rings. The first-order valence-corrected chi connectivity index (χ1v) is 6.65. The summed E-state index contributed by atoms with van der Waals surface area (Å²) < 4.78 is 5.78. The molecule has 2 N–H and O–H groups in total. The van der Waals surface area contributed by atoms with E-state index in [9.17, 15) is 15.0 Å². The fourth-order valence-corrected chi connectivity index (χ4v) is 2.61. The molecule has 0 heterocycles. The van der Waals surface area contributed by atoms with Crippen LogP contribution in [0, 0.1) is 0 Å². The van der Waals surface area contributed by atoms with Gasteiger partial charge in [0.1, 0.15) is 0 Å². The number of hydrogen-bond acceptors (Lipinski definition) is 3. The van der Waals surface area contributed by atoms with E-state index in [2.05, 4.69) is 0 Å². The van der Waals surface area contributed by atoms with Gasteiger partial charge in [-0.2, -0.15) is 0 Å². The molecular formula is C15H20O4. The zero-order valence-corrected chi connectivity index (χ0v) is 11.3. The van der Waals surface area contributed by atoms with Crippen molar-refractivity contribution < 1.29 is 19.7 Å². The molecule has 104 valence electrons. The lowest BCUT2D eigenvalue weighted by Gasteiger charge is -2.38. The Bertz CT molecular complexity index is 469. The largest absolute Gasteiger partial charge is 0.479 e. The highest BCUT2D eigenvalue weighted by atomic mass is 16.5. The Morgan fingerprint density at radius 2 is 2.05 bits per heavy atom. The summed E-state index contributed by atoms with van der Waals surface area (Å²) in [4.78, 5) is 11.8. The maximum Gasteiger partial charge on any atom is 0.340 e. The van der Waals surface area contributed by atoms with Crippen LogP contribution in [-0.2, 0) is 21.6 Å². The number of carboxylic acid groups (broad SMARTS) is 1. The van der Waals surface area contributed by atoms with Crippen molar-refractivity contribution in [3.63, 3.8) is 0 Å². The first-order chi connectivity index (χ1) is 8.97. The van der Waals surface area contributed by atoms with Crippen LogP contribution in [0.3, 0.4) is 0 Å². The van der Waals surface area contributed by atoms with Gasteiger partial charge in [-0.1, -0.05) is 24.3 Å². The summed E-state index contributed by atoms with van der Waals surface area (Å²) in [6, 6.07) is 7.51. The van der Waals surface area contributed by atoms with Crippen molar-refractivity contribution in [3.8, 4) is 0 Å². The smallest absolute Gasteiger partial charge is 0.340 e. The number of aryl methyl sites for hydroxylation is 1. The molecule has 0 spiro atoms. The minimum absolute atomic E-state index is 0.441. The standard InChI is InChI=1S/C15H20O4/c1-10(16)11(2)19-15(14(17)18)9-5-7-12-6-3-4-8-13(12)15/h3-4,6,8,10-11,16H,5,7,9H2,1-2H3,(H,17,18). The van der Waals surface area contributed by atoms with Crippen LogP contribution in [0.15, 0.2) is 24.3 Å². The van der Waals surface area contributed by atoms with Crippen molar-refractivity contribution in [2.45, 2.75) is 50.9 Å². The topological polar surface area (TPSA) is 66.8 Å². The third kappa shape index (κ3) is 2.51. The summed E-state index contributed by atoms with van der Waals surface area (Å²) in [5.74, 6) is -0.979. The van der Waals surface area contributed by atoms with Crippen LogP contribution in [0.4, 0.5) is 0 Å². The molecule has 19 heavy (non-hydrogen) atoms. The van der Waals surface area contributed by atoms with Gasteiger partial charge >= 0.3 is 5.97 Å². The summed E-state index contributed by atoms with van der Waals surface area (Å²) in [5, 5.41) is 19.2. The first kappa shape index (κ1) is 14.0. The van der Waals surface area contributed by atoms with Gasteiger partial charge < -0.3 is 14.9 Å². The van der Waals surface area contributed by atoms with Gasteiger partial charge in [-0.3, -0.25) is 0 Å². The molecule has 1 aliphatic carbocycles. The molecule has 0 aromatic heterocycles. The molecule has 1 aromatic carbocycles. The molecule has 0 amide bonds. The number of carboxylic acids is 1. The maximum atomic E-state index is 11.8. The van der Waals surface area contributed by atoms with Gasteiger partial charge in [0.15, 0.2) is 5.60 Å². The summed E-state index contributed by atoms with van der Waals surface area (Å²) in [7, 11) is 0. The van der Waals surface area contributed by atoms with Crippen LogP contribution < -0.4 is 0 Å². The third-order valence-corrected chi connectivity index (χ3v) is 3.84. The lowest BCUT2D eigenvalue weighted by Crippen LogP contribution is -2.45. The Hall–Kier alpha value is -1.39. The van der Waals surface area contributed by atoms with Crippen molar-refractivity contribution in [2.75, 3.05) is 0 Å². The van der Waals surface area contributed by atoms with Gasteiger partial charge in [-0.25, -0.2) is 4.79 Å². The lowest BCUT2D eigenvalue weighted by molar-refractivity contribution is -0.186. The highest BCUT2D eigenvalue weighted by molar-refractivity contribution is 5.80. The van der Waals surface area contributed by atoms with Crippen LogP contribution in [0.1, 0.15) is 37.8 Å². The molecule has 4 nitrogen and oxygen atoms in total. The van der Waals surface area contributed by atoms with Crippen LogP contribution in [0.2, 0.25) is 0 Å². The Labute approximate surface area is 113 Å². The van der Waals surface area contributed by atoms with Crippen molar-refractivity contribution in [2.24, 2.45) is 0 Å². The van der Waals surface area contributed by atoms with Crippen molar-refractivity contribution in [1.82, 2.24) is 0 Å². The number of rotatable bonds is 4. The Balaban J connectivity index is 2.44. The van der Waals surface area contributed by atoms with E-state index in [1.54, 1.807) is 13.8 Å². The second kappa shape index (κ2) is 5.31. The van der Waals surface area contributed by atoms with Gasteiger partial charge in [0.2, 0.25) is 0 Å². The van der Waals surface area contributed by atoms with Crippen LogP contribution in [0.25, 0.3) is 0 Å². The van der Waals surface area contributed by atoms with Crippen molar-refractivity contribution in [1.29, 1.82) is 0 Å². The Kier molecular flexibility index (Phi) is 3.92. The van der Waals surface area contributed by atoms with Crippen LogP contribution in [-0.4, -0.2) is 28.4 Å². The Morgan fingerprint density at radius 1 is 1.37 bits per heavy atom. The minimum Gasteiger partial charge on any atom is -0.479 e. The number of aliphatic hydroxyl groups excluding tert-OH is 1. The highest BCUT2D eigenvalue weighted by Crippen LogP contribution is 2.39. The molecular weight excluding hydrogens is 244 g/mol. The van der Waals surface area contributed by atoms with Crippen LogP contribution >= 0.6 is 0 Å². The van der Waals surface area contributed by atoms with Crippen LogP contribution in [0.5, 0.6) is 0 Å². The quantitative estimate of drug-likeness (QED) is 0.874. The number of carbonyl (C=O) groups is 1. The fraction of sp³-hybridized carbons (Fsp3) is 0.533. The summed E-state index contributed by atoms with van der Waals surface area (Å²) >= 11 is 0. The summed E-state index contributed by atoms with van der Waals surface area (Å²) in [6.45, 7) is 3.31. The maximum absolute atomic E-state index is 11.8. The molecule has 0 saturated heterocycles. The predicted octanol–water partition coefficient (Wildman–Crippen LogP) is 2.09. The SMILES string of the molecule is CC(O)C(C)OC1(C(=O)O)CCCc2ccccc21. The van der Waals surface area contributed by atoms with Gasteiger partial charge in [-0.15, -0.1) is 0 Å². The monoisotopic (exact) mass is 264 g/mol. The van der Waals surface area contributed by atoms with E-state index >= 15 is 0 Å². The average Bonchev–Trinajstić information content (AvgIpc) is 2.38. The van der Waals surface area contributed by atoms with Crippen molar-refractivity contribution in [3.05, 3.63) is 35.4 Å². The van der Waals surface area contributed by atoms with E-state index < -0.39 is 23.8 Å². The lowest BCUT2D eigenvalue weighted by atomic mass is 9.78. The molecule has 3 atom stereocenters. The molecule has 0 saturated carbocycles. The van der Waals surface area contributed by atoms with E-state index in [-0.39, 0.29) is 0 Å². The summed E-state index contributed by atoms with van der Waals surface area (Å²) in [5.41, 5.74) is 0.417. The van der Waals surface area contributed by atoms with E-state index in [1.165, 1.54) is 0 Å². The van der Waals surface area contributed by atoms with Crippen molar-refractivity contribution >= 4 is 5.97 Å². The molecule has 3 unspecified atom stereocenters. The van der Waals surface area contributed by atoms with Gasteiger partial charge in [0.25, 0.3) is 0 Å². The second-order valence-corrected chi connectivity index (χ2v) is 5.21. The zero-order chi connectivity index (χ0) is 14.0. The number of fused-ring (bicyclic) bond motifs is 1. The van der Waals surface area contributed by atoms with E-state index in [1.807, 2.05) is 24.3 Å².